The zero-order valence-electron chi connectivity index (χ0n) is 12.2. The zero-order chi connectivity index (χ0) is 17.5. The average molecular weight is 416 g/mol. The van der Waals surface area contributed by atoms with E-state index in [-0.39, 0.29) is 12.1 Å². The van der Waals surface area contributed by atoms with Crippen LogP contribution < -0.4 is 0 Å². The van der Waals surface area contributed by atoms with Gasteiger partial charge in [0.05, 0.1) is 17.3 Å². The minimum atomic E-state index is -4.56. The number of halogens is 3. The van der Waals surface area contributed by atoms with Crippen LogP contribution in [-0.4, -0.2) is 23.9 Å². The monoisotopic (exact) mass is 415 g/mol. The molecule has 0 saturated carbocycles. The first kappa shape index (κ1) is 17.2. The van der Waals surface area contributed by atoms with E-state index in [1.807, 2.05) is 0 Å². The molecule has 0 radical (unpaired) electrons. The molecule has 0 saturated heterocycles. The van der Waals surface area contributed by atoms with Gasteiger partial charge in [-0.2, -0.15) is 8.42 Å². The van der Waals surface area contributed by atoms with Gasteiger partial charge in [-0.25, -0.2) is 8.78 Å². The highest BCUT2D eigenvalue weighted by Gasteiger charge is 2.40. The van der Waals surface area contributed by atoms with Crippen molar-refractivity contribution in [2.45, 2.75) is 17.7 Å². The van der Waals surface area contributed by atoms with Gasteiger partial charge in [0.25, 0.3) is 10.1 Å². The summed E-state index contributed by atoms with van der Waals surface area (Å²) in [7, 11) is -4.56. The molecule has 126 valence electrons. The predicted octanol–water partition coefficient (Wildman–Crippen LogP) is 3.92. The highest BCUT2D eigenvalue weighted by molar-refractivity contribution is 9.10. The lowest BCUT2D eigenvalue weighted by atomic mass is 10.0. The molecule has 2 aromatic carbocycles. The maximum absolute atomic E-state index is 14.0. The van der Waals surface area contributed by atoms with E-state index in [1.165, 1.54) is 6.07 Å². The topological polar surface area (TPSA) is 66.7 Å². The Kier molecular flexibility index (Phi) is 4.54. The second-order valence-electron chi connectivity index (χ2n) is 5.42. The quantitative estimate of drug-likeness (QED) is 0.772. The highest BCUT2D eigenvalue weighted by Crippen LogP contribution is 2.36. The van der Waals surface area contributed by atoms with Crippen LogP contribution in [0.1, 0.15) is 23.6 Å². The molecule has 0 bridgehead atoms. The fraction of sp³-hybridized carbons (Fsp3) is 0.188. The van der Waals surface area contributed by atoms with Crippen LogP contribution in [0.2, 0.25) is 0 Å². The summed E-state index contributed by atoms with van der Waals surface area (Å²) < 4.78 is 61.8. The molecule has 0 spiro atoms. The molecule has 2 atom stereocenters. The highest BCUT2D eigenvalue weighted by atomic mass is 79.9. The van der Waals surface area contributed by atoms with Gasteiger partial charge < -0.3 is 0 Å². The first-order valence-corrected chi connectivity index (χ1v) is 9.31. The fourth-order valence-corrected chi connectivity index (χ4v) is 3.90. The summed E-state index contributed by atoms with van der Waals surface area (Å²) in [6.45, 7) is 0. The summed E-state index contributed by atoms with van der Waals surface area (Å²) >= 11 is 3.29. The second kappa shape index (κ2) is 6.34. The van der Waals surface area contributed by atoms with Crippen LogP contribution in [0.4, 0.5) is 8.78 Å². The summed E-state index contributed by atoms with van der Waals surface area (Å²) in [6, 6.07) is 9.60. The van der Waals surface area contributed by atoms with Gasteiger partial charge in [0.2, 0.25) is 0 Å². The minimum Gasteiger partial charge on any atom is -0.285 e. The van der Waals surface area contributed by atoms with Crippen molar-refractivity contribution in [3.8, 4) is 0 Å². The maximum Gasteiger partial charge on any atom is 0.273 e. The predicted molar refractivity (Wildman–Crippen MR) is 89.7 cm³/mol. The molecule has 1 N–H and O–H groups in total. The van der Waals surface area contributed by atoms with E-state index in [9.17, 15) is 21.8 Å². The van der Waals surface area contributed by atoms with Crippen molar-refractivity contribution in [3.05, 3.63) is 69.7 Å². The SMILES string of the molecule is O=S(=O)(O)C1CC(c2ccc(Br)cc2)N=C1c1c(F)cccc1F. The van der Waals surface area contributed by atoms with Gasteiger partial charge in [-0.05, 0) is 36.2 Å². The molecule has 3 rings (SSSR count). The third kappa shape index (κ3) is 3.26. The Bertz CT molecular complexity index is 893. The van der Waals surface area contributed by atoms with Crippen molar-refractivity contribution in [2.75, 3.05) is 0 Å². The number of nitrogens with zero attached hydrogens (tertiary/aromatic N) is 1. The molecule has 2 unspecified atom stereocenters. The lowest BCUT2D eigenvalue weighted by molar-refractivity contribution is 0.473. The maximum atomic E-state index is 14.0. The lowest BCUT2D eigenvalue weighted by Crippen LogP contribution is -2.29. The largest absolute Gasteiger partial charge is 0.285 e. The van der Waals surface area contributed by atoms with Crippen molar-refractivity contribution in [3.63, 3.8) is 0 Å². The van der Waals surface area contributed by atoms with E-state index in [0.717, 1.165) is 16.6 Å². The molecular weight excluding hydrogens is 404 g/mol. The molecule has 1 aliphatic heterocycles. The van der Waals surface area contributed by atoms with Gasteiger partial charge in [-0.3, -0.25) is 9.55 Å². The number of hydrogen-bond donors (Lipinski definition) is 1. The third-order valence-corrected chi connectivity index (χ3v) is 5.53. The normalized spacial score (nSPS) is 20.9. The molecule has 8 heteroatoms. The van der Waals surface area contributed by atoms with Gasteiger partial charge in [-0.15, -0.1) is 0 Å². The number of rotatable bonds is 3. The van der Waals surface area contributed by atoms with Gasteiger partial charge in [0, 0.05) is 4.47 Å². The molecule has 24 heavy (non-hydrogen) atoms. The molecule has 1 heterocycles. The molecule has 2 aromatic rings. The van der Waals surface area contributed by atoms with Gasteiger partial charge in [0.15, 0.2) is 0 Å². The Hall–Kier alpha value is -1.64. The van der Waals surface area contributed by atoms with E-state index in [0.29, 0.717) is 5.56 Å². The fourth-order valence-electron chi connectivity index (χ4n) is 2.74. The molecule has 0 amide bonds. The van der Waals surface area contributed by atoms with E-state index < -0.39 is 38.6 Å². The zero-order valence-corrected chi connectivity index (χ0v) is 14.6. The Balaban J connectivity index is 2.12. The van der Waals surface area contributed by atoms with Crippen molar-refractivity contribution in [1.82, 2.24) is 0 Å². The Morgan fingerprint density at radius 2 is 1.67 bits per heavy atom. The van der Waals surface area contributed by atoms with Crippen LogP contribution >= 0.6 is 15.9 Å². The number of hydrogen-bond acceptors (Lipinski definition) is 3. The van der Waals surface area contributed by atoms with Crippen LogP contribution in [0.15, 0.2) is 51.9 Å². The Morgan fingerprint density at radius 3 is 2.21 bits per heavy atom. The molecule has 4 nitrogen and oxygen atoms in total. The van der Waals surface area contributed by atoms with Crippen molar-refractivity contribution < 1.29 is 21.8 Å². The summed E-state index contributed by atoms with van der Waals surface area (Å²) in [4.78, 5) is 4.21. The van der Waals surface area contributed by atoms with Crippen LogP contribution in [0.25, 0.3) is 0 Å². The second-order valence-corrected chi connectivity index (χ2v) is 7.93. The summed E-state index contributed by atoms with van der Waals surface area (Å²) in [5.74, 6) is -1.84. The third-order valence-electron chi connectivity index (χ3n) is 3.87. The van der Waals surface area contributed by atoms with E-state index in [2.05, 4.69) is 20.9 Å². The summed E-state index contributed by atoms with van der Waals surface area (Å²) in [5.41, 5.74) is -0.112. The van der Waals surface area contributed by atoms with Crippen molar-refractivity contribution in [1.29, 1.82) is 0 Å². The summed E-state index contributed by atoms with van der Waals surface area (Å²) in [6.07, 6.45) is -0.0798. The lowest BCUT2D eigenvalue weighted by Gasteiger charge is -2.11. The first-order chi connectivity index (χ1) is 11.3. The van der Waals surface area contributed by atoms with Gasteiger partial charge >= 0.3 is 0 Å². The Labute approximate surface area is 146 Å². The van der Waals surface area contributed by atoms with Crippen LogP contribution in [0.3, 0.4) is 0 Å². The van der Waals surface area contributed by atoms with Crippen molar-refractivity contribution >= 4 is 31.8 Å². The standard InChI is InChI=1S/C16H12BrF2NO3S/c17-10-6-4-9(5-7-10)13-8-14(24(21,22)23)16(20-13)15-11(18)2-1-3-12(15)19/h1-7,13-14H,8H2,(H,21,22,23). The van der Waals surface area contributed by atoms with Gasteiger partial charge in [-0.1, -0.05) is 34.1 Å². The van der Waals surface area contributed by atoms with Crippen LogP contribution in [-0.2, 0) is 10.1 Å². The van der Waals surface area contributed by atoms with Gasteiger partial charge in [0.1, 0.15) is 16.9 Å². The van der Waals surface area contributed by atoms with E-state index >= 15 is 0 Å². The molecule has 0 aromatic heterocycles. The Morgan fingerprint density at radius 1 is 1.08 bits per heavy atom. The smallest absolute Gasteiger partial charge is 0.273 e. The van der Waals surface area contributed by atoms with E-state index in [1.54, 1.807) is 24.3 Å². The first-order valence-electron chi connectivity index (χ1n) is 7.01. The van der Waals surface area contributed by atoms with E-state index in [4.69, 9.17) is 0 Å². The number of benzene rings is 2. The van der Waals surface area contributed by atoms with Crippen LogP contribution in [0.5, 0.6) is 0 Å². The molecule has 0 aliphatic carbocycles. The van der Waals surface area contributed by atoms with Crippen LogP contribution in [0, 0.1) is 11.6 Å². The molecule has 0 fully saturated rings. The van der Waals surface area contributed by atoms with Crippen molar-refractivity contribution in [2.24, 2.45) is 4.99 Å². The molecular formula is C16H12BrF2NO3S. The summed E-state index contributed by atoms with van der Waals surface area (Å²) in [5, 5.41) is -1.47. The number of aliphatic imine (C=N–C) groups is 1. The average Bonchev–Trinajstić information content (AvgIpc) is 2.93. The minimum absolute atomic E-state index is 0.0798. The molecule has 1 aliphatic rings.